The summed E-state index contributed by atoms with van der Waals surface area (Å²) in [5.41, 5.74) is 3.38. The van der Waals surface area contributed by atoms with Crippen molar-refractivity contribution in [3.63, 3.8) is 0 Å². The van der Waals surface area contributed by atoms with Crippen LogP contribution in [0.15, 0.2) is 54.2 Å². The number of nitriles is 2. The Labute approximate surface area is 148 Å². The number of allylic oxidation sites excluding steroid dienone is 1. The number of carbonyl (C=O) groups is 1. The van der Waals surface area contributed by atoms with Crippen LogP contribution in [0.25, 0.3) is 11.0 Å². The predicted molar refractivity (Wildman–Crippen MR) is 95.2 cm³/mol. The van der Waals surface area contributed by atoms with Crippen LogP contribution < -0.4 is 5.32 Å². The van der Waals surface area contributed by atoms with Crippen molar-refractivity contribution in [1.29, 1.82) is 10.5 Å². The van der Waals surface area contributed by atoms with Crippen LogP contribution >= 0.6 is 0 Å². The number of anilines is 1. The van der Waals surface area contributed by atoms with Gasteiger partial charge in [0.2, 0.25) is 0 Å². The largest absolute Gasteiger partial charge is 0.478 e. The molecule has 0 unspecified atom stereocenters. The highest BCUT2D eigenvalue weighted by Gasteiger charge is 2.08. The Morgan fingerprint density at radius 3 is 2.58 bits per heavy atom. The van der Waals surface area contributed by atoms with Crippen LogP contribution in [0.4, 0.5) is 5.69 Å². The molecule has 7 heteroatoms. The summed E-state index contributed by atoms with van der Waals surface area (Å²) in [4.78, 5) is 18.6. The number of benzene rings is 2. The van der Waals surface area contributed by atoms with Gasteiger partial charge >= 0.3 is 5.97 Å². The molecule has 7 nitrogen and oxygen atoms in total. The first-order valence-electron chi connectivity index (χ1n) is 7.67. The molecule has 0 radical (unpaired) electrons. The molecule has 0 fully saturated rings. The van der Waals surface area contributed by atoms with E-state index in [0.717, 1.165) is 17.1 Å². The van der Waals surface area contributed by atoms with E-state index in [0.29, 0.717) is 17.5 Å². The molecule has 0 saturated carbocycles. The second kappa shape index (κ2) is 7.20. The molecule has 0 amide bonds. The molecule has 26 heavy (non-hydrogen) atoms. The van der Waals surface area contributed by atoms with Gasteiger partial charge in [0.05, 0.1) is 16.6 Å². The number of nitrogens with zero attached hydrogens (tertiary/aromatic N) is 3. The average molecular weight is 343 g/mol. The molecule has 3 aromatic rings. The van der Waals surface area contributed by atoms with Gasteiger partial charge in [-0.1, -0.05) is 12.1 Å². The van der Waals surface area contributed by atoms with Crippen molar-refractivity contribution in [2.24, 2.45) is 0 Å². The van der Waals surface area contributed by atoms with Crippen molar-refractivity contribution < 1.29 is 9.90 Å². The Morgan fingerprint density at radius 2 is 1.92 bits per heavy atom. The summed E-state index contributed by atoms with van der Waals surface area (Å²) in [5, 5.41) is 29.3. The van der Waals surface area contributed by atoms with E-state index in [-0.39, 0.29) is 11.1 Å². The molecular weight excluding hydrogens is 330 g/mol. The molecule has 0 atom stereocenters. The van der Waals surface area contributed by atoms with E-state index in [1.807, 2.05) is 24.3 Å². The number of fused-ring (bicyclic) bond motifs is 1. The molecule has 3 rings (SSSR count). The summed E-state index contributed by atoms with van der Waals surface area (Å²) in [5.74, 6) is -0.240. The molecule has 3 N–H and O–H groups in total. The molecule has 1 heterocycles. The first-order chi connectivity index (χ1) is 12.6. The van der Waals surface area contributed by atoms with Gasteiger partial charge in [-0.3, -0.25) is 0 Å². The standard InChI is InChI=1S/C19H13N5O2/c20-9-13(10-21)11-22-15-4-1-12(2-5-15)7-18-23-16-6-3-14(19(25)26)8-17(16)24-18/h1-6,8,11,22H,7H2,(H,23,24)(H,25,26). The van der Waals surface area contributed by atoms with Crippen molar-refractivity contribution >= 4 is 22.7 Å². The summed E-state index contributed by atoms with van der Waals surface area (Å²) in [7, 11) is 0. The minimum Gasteiger partial charge on any atom is -0.478 e. The van der Waals surface area contributed by atoms with Gasteiger partial charge in [-0.05, 0) is 35.9 Å². The van der Waals surface area contributed by atoms with Crippen molar-refractivity contribution in [1.82, 2.24) is 9.97 Å². The Morgan fingerprint density at radius 1 is 1.19 bits per heavy atom. The lowest BCUT2D eigenvalue weighted by molar-refractivity contribution is 0.0697. The fourth-order valence-electron chi connectivity index (χ4n) is 2.44. The molecule has 1 aromatic heterocycles. The van der Waals surface area contributed by atoms with Crippen molar-refractivity contribution in [2.45, 2.75) is 6.42 Å². The highest BCUT2D eigenvalue weighted by atomic mass is 16.4. The number of aromatic carboxylic acids is 1. The van der Waals surface area contributed by atoms with E-state index in [1.165, 1.54) is 12.3 Å². The number of aromatic nitrogens is 2. The highest BCUT2D eigenvalue weighted by molar-refractivity contribution is 5.92. The number of carboxylic acid groups (broad SMARTS) is 1. The average Bonchev–Trinajstić information content (AvgIpc) is 3.05. The Balaban J connectivity index is 1.74. The molecule has 0 bridgehead atoms. The summed E-state index contributed by atoms with van der Waals surface area (Å²) < 4.78 is 0. The summed E-state index contributed by atoms with van der Waals surface area (Å²) in [6.45, 7) is 0. The highest BCUT2D eigenvalue weighted by Crippen LogP contribution is 2.17. The van der Waals surface area contributed by atoms with Gasteiger partial charge in [0, 0.05) is 18.3 Å². The molecule has 0 aliphatic carbocycles. The second-order valence-electron chi connectivity index (χ2n) is 5.52. The first-order valence-corrected chi connectivity index (χ1v) is 7.67. The maximum Gasteiger partial charge on any atom is 0.335 e. The number of carboxylic acids is 1. The van der Waals surface area contributed by atoms with Crippen molar-refractivity contribution in [2.75, 3.05) is 5.32 Å². The Kier molecular flexibility index (Phi) is 4.64. The molecule has 126 valence electrons. The smallest absolute Gasteiger partial charge is 0.335 e. The van der Waals surface area contributed by atoms with Crippen LogP contribution in [-0.4, -0.2) is 21.0 Å². The summed E-state index contributed by atoms with van der Waals surface area (Å²) in [6, 6.07) is 15.8. The lowest BCUT2D eigenvalue weighted by Gasteiger charge is -2.03. The fourth-order valence-corrected chi connectivity index (χ4v) is 2.44. The minimum absolute atomic E-state index is 0.00270. The molecule has 0 spiro atoms. The zero-order valence-corrected chi connectivity index (χ0v) is 13.5. The fraction of sp³-hybridized carbons (Fsp3) is 0.0526. The Bertz CT molecular complexity index is 1070. The Hall–Kier alpha value is -4.10. The van der Waals surface area contributed by atoms with Gasteiger partial charge in [-0.15, -0.1) is 0 Å². The molecule has 0 aliphatic heterocycles. The maximum atomic E-state index is 11.0. The summed E-state index contributed by atoms with van der Waals surface area (Å²) >= 11 is 0. The summed E-state index contributed by atoms with van der Waals surface area (Å²) in [6.07, 6.45) is 1.92. The number of H-pyrrole nitrogens is 1. The quantitative estimate of drug-likeness (QED) is 0.611. The number of imidazole rings is 1. The normalized spacial score (nSPS) is 9.92. The van der Waals surface area contributed by atoms with Gasteiger partial charge in [-0.2, -0.15) is 10.5 Å². The van der Waals surface area contributed by atoms with Crippen LogP contribution in [0.3, 0.4) is 0 Å². The zero-order chi connectivity index (χ0) is 18.5. The van der Waals surface area contributed by atoms with E-state index in [2.05, 4.69) is 15.3 Å². The van der Waals surface area contributed by atoms with Crippen molar-refractivity contribution in [3.8, 4) is 12.1 Å². The van der Waals surface area contributed by atoms with Crippen LogP contribution in [0.2, 0.25) is 0 Å². The van der Waals surface area contributed by atoms with Crippen LogP contribution in [0.5, 0.6) is 0 Å². The number of rotatable bonds is 5. The van der Waals surface area contributed by atoms with Gasteiger partial charge in [0.15, 0.2) is 0 Å². The second-order valence-corrected chi connectivity index (χ2v) is 5.52. The van der Waals surface area contributed by atoms with Gasteiger partial charge in [-0.25, -0.2) is 9.78 Å². The lowest BCUT2D eigenvalue weighted by atomic mass is 10.1. The van der Waals surface area contributed by atoms with E-state index >= 15 is 0 Å². The van der Waals surface area contributed by atoms with Crippen LogP contribution in [0.1, 0.15) is 21.7 Å². The van der Waals surface area contributed by atoms with Gasteiger partial charge in [0.1, 0.15) is 23.5 Å². The first kappa shape index (κ1) is 16.7. The molecule has 0 saturated heterocycles. The molecular formula is C19H13N5O2. The van der Waals surface area contributed by atoms with Gasteiger partial charge in [0.25, 0.3) is 0 Å². The zero-order valence-electron chi connectivity index (χ0n) is 13.5. The van der Waals surface area contributed by atoms with Crippen LogP contribution in [0, 0.1) is 22.7 Å². The third kappa shape index (κ3) is 3.69. The van der Waals surface area contributed by atoms with Gasteiger partial charge < -0.3 is 15.4 Å². The van der Waals surface area contributed by atoms with Crippen molar-refractivity contribution in [3.05, 3.63) is 71.2 Å². The number of hydrogen-bond donors (Lipinski definition) is 3. The van der Waals surface area contributed by atoms with Crippen LogP contribution in [-0.2, 0) is 6.42 Å². The van der Waals surface area contributed by atoms with E-state index in [4.69, 9.17) is 15.6 Å². The number of aromatic amines is 1. The van der Waals surface area contributed by atoms with E-state index in [9.17, 15) is 4.79 Å². The molecule has 0 aliphatic rings. The third-order valence-electron chi connectivity index (χ3n) is 3.73. The minimum atomic E-state index is -0.976. The SMILES string of the molecule is N#CC(C#N)=CNc1ccc(Cc2nc3ccc(C(=O)O)cc3[nH]2)cc1. The number of hydrogen-bond acceptors (Lipinski definition) is 5. The topological polar surface area (TPSA) is 126 Å². The lowest BCUT2D eigenvalue weighted by Crippen LogP contribution is -1.94. The predicted octanol–water partition coefficient (Wildman–Crippen LogP) is 3.19. The third-order valence-corrected chi connectivity index (χ3v) is 3.73. The molecule has 2 aromatic carbocycles. The number of nitrogens with one attached hydrogen (secondary N) is 2. The van der Waals surface area contributed by atoms with E-state index < -0.39 is 5.97 Å². The maximum absolute atomic E-state index is 11.0. The monoisotopic (exact) mass is 343 g/mol. The van der Waals surface area contributed by atoms with E-state index in [1.54, 1.807) is 24.3 Å².